The van der Waals surface area contributed by atoms with Gasteiger partial charge in [0.1, 0.15) is 19.3 Å². The molecule has 2 aliphatic rings. The second kappa shape index (κ2) is 6.47. The van der Waals surface area contributed by atoms with Crippen LogP contribution in [0.5, 0.6) is 11.5 Å². The number of carbonyl (C=O) groups is 2. The number of imide groups is 1. The smallest absolute Gasteiger partial charge is 0.252 e. The Kier molecular flexibility index (Phi) is 4.01. The van der Waals surface area contributed by atoms with Crippen LogP contribution in [0.2, 0.25) is 0 Å². The molecule has 2 aromatic rings. The molecule has 0 aliphatic carbocycles. The van der Waals surface area contributed by atoms with Crippen LogP contribution in [0.4, 0.5) is 5.69 Å². The lowest BCUT2D eigenvalue weighted by Crippen LogP contribution is -2.34. The molecule has 1 N–H and O–H groups in total. The maximum absolute atomic E-state index is 12.6. The van der Waals surface area contributed by atoms with Crippen LogP contribution in [0.3, 0.4) is 0 Å². The molecule has 1 saturated heterocycles. The first-order valence-electron chi connectivity index (χ1n) is 8.25. The molecule has 0 radical (unpaired) electrons. The topological polar surface area (TPSA) is 67.9 Å². The molecule has 128 valence electrons. The molecule has 0 bridgehead atoms. The Bertz CT molecular complexity index is 806. The number of anilines is 1. The summed E-state index contributed by atoms with van der Waals surface area (Å²) < 4.78 is 11.0. The number of benzene rings is 2. The number of fused-ring (bicyclic) bond motifs is 1. The van der Waals surface area contributed by atoms with Crippen LogP contribution in [0.25, 0.3) is 0 Å². The van der Waals surface area contributed by atoms with E-state index in [1.165, 1.54) is 4.90 Å². The van der Waals surface area contributed by atoms with Crippen LogP contribution in [-0.2, 0) is 16.1 Å². The molecule has 0 spiro atoms. The van der Waals surface area contributed by atoms with Crippen molar-refractivity contribution in [2.24, 2.45) is 0 Å². The maximum atomic E-state index is 12.6. The minimum Gasteiger partial charge on any atom is -0.486 e. The minimum atomic E-state index is -0.557. The zero-order chi connectivity index (χ0) is 17.2. The molecule has 0 aromatic heterocycles. The molecular formula is C19H18N2O4. The number of likely N-dealkylation sites (tertiary alicyclic amines) is 1. The highest BCUT2D eigenvalue weighted by molar-refractivity contribution is 6.06. The van der Waals surface area contributed by atoms with Gasteiger partial charge in [0.15, 0.2) is 11.5 Å². The van der Waals surface area contributed by atoms with Gasteiger partial charge in [-0.1, -0.05) is 30.3 Å². The monoisotopic (exact) mass is 338 g/mol. The van der Waals surface area contributed by atoms with E-state index >= 15 is 0 Å². The fraction of sp³-hybridized carbons (Fsp3) is 0.263. The van der Waals surface area contributed by atoms with Crippen molar-refractivity contribution >= 4 is 17.5 Å². The Hall–Kier alpha value is -3.02. The summed E-state index contributed by atoms with van der Waals surface area (Å²) in [6.45, 7) is 1.34. The summed E-state index contributed by atoms with van der Waals surface area (Å²) in [6, 6.07) is 14.4. The zero-order valence-electron chi connectivity index (χ0n) is 13.6. The molecule has 2 aliphatic heterocycles. The summed E-state index contributed by atoms with van der Waals surface area (Å²) >= 11 is 0. The van der Waals surface area contributed by atoms with Crippen molar-refractivity contribution in [2.75, 3.05) is 18.5 Å². The molecule has 0 saturated carbocycles. The largest absolute Gasteiger partial charge is 0.486 e. The molecule has 1 atom stereocenters. The van der Waals surface area contributed by atoms with Crippen molar-refractivity contribution < 1.29 is 19.1 Å². The Balaban J connectivity index is 1.47. The van der Waals surface area contributed by atoms with Gasteiger partial charge in [0, 0.05) is 11.8 Å². The van der Waals surface area contributed by atoms with Gasteiger partial charge in [0.25, 0.3) is 5.91 Å². The molecule has 2 amide bonds. The van der Waals surface area contributed by atoms with Crippen LogP contribution in [-0.4, -0.2) is 36.0 Å². The number of hydrogen-bond acceptors (Lipinski definition) is 5. The van der Waals surface area contributed by atoms with Gasteiger partial charge in [0.05, 0.1) is 13.0 Å². The van der Waals surface area contributed by atoms with E-state index < -0.39 is 6.04 Å². The van der Waals surface area contributed by atoms with Crippen LogP contribution < -0.4 is 14.8 Å². The zero-order valence-corrected chi connectivity index (χ0v) is 13.6. The molecule has 0 unspecified atom stereocenters. The SMILES string of the molecule is O=C1C[C@@H](Nc2ccc3c(c2)OCCO3)C(=O)N1Cc1ccccc1. The average Bonchev–Trinajstić information content (AvgIpc) is 2.90. The van der Waals surface area contributed by atoms with Gasteiger partial charge >= 0.3 is 0 Å². The van der Waals surface area contributed by atoms with E-state index in [2.05, 4.69) is 5.32 Å². The quantitative estimate of drug-likeness (QED) is 0.866. The van der Waals surface area contributed by atoms with Crippen molar-refractivity contribution in [1.29, 1.82) is 0 Å². The molecule has 6 heteroatoms. The normalized spacial score (nSPS) is 19.2. The molecule has 1 fully saturated rings. The summed E-state index contributed by atoms with van der Waals surface area (Å²) in [5.41, 5.74) is 1.67. The van der Waals surface area contributed by atoms with Gasteiger partial charge in [-0.2, -0.15) is 0 Å². The summed E-state index contributed by atoms with van der Waals surface area (Å²) in [5, 5.41) is 3.14. The van der Waals surface area contributed by atoms with Crippen molar-refractivity contribution in [3.05, 3.63) is 54.1 Å². The number of nitrogens with zero attached hydrogens (tertiary/aromatic N) is 1. The third-order valence-electron chi connectivity index (χ3n) is 4.31. The Morgan fingerprint density at radius 3 is 2.56 bits per heavy atom. The summed E-state index contributed by atoms with van der Waals surface area (Å²) in [5.74, 6) is 0.970. The maximum Gasteiger partial charge on any atom is 0.252 e. The van der Waals surface area contributed by atoms with Gasteiger partial charge in [0.2, 0.25) is 5.91 Å². The standard InChI is InChI=1S/C19H18N2O4/c22-18-11-15(19(23)21(18)12-13-4-2-1-3-5-13)20-14-6-7-16-17(10-14)25-9-8-24-16/h1-7,10,15,20H,8-9,11-12H2/t15-/m1/s1. The second-order valence-corrected chi connectivity index (χ2v) is 6.06. The lowest BCUT2D eigenvalue weighted by atomic mass is 10.2. The first-order valence-corrected chi connectivity index (χ1v) is 8.25. The molecule has 2 heterocycles. The highest BCUT2D eigenvalue weighted by Crippen LogP contribution is 2.33. The molecule has 25 heavy (non-hydrogen) atoms. The average molecular weight is 338 g/mol. The summed E-state index contributed by atoms with van der Waals surface area (Å²) in [6.07, 6.45) is 0.153. The lowest BCUT2D eigenvalue weighted by Gasteiger charge is -2.20. The summed E-state index contributed by atoms with van der Waals surface area (Å²) in [7, 11) is 0. The minimum absolute atomic E-state index is 0.153. The highest BCUT2D eigenvalue weighted by Gasteiger charge is 2.38. The number of amides is 2. The van der Waals surface area contributed by atoms with E-state index in [1.807, 2.05) is 36.4 Å². The third kappa shape index (κ3) is 3.15. The van der Waals surface area contributed by atoms with E-state index in [1.54, 1.807) is 12.1 Å². The fourth-order valence-corrected chi connectivity index (χ4v) is 3.06. The predicted molar refractivity (Wildman–Crippen MR) is 91.5 cm³/mol. The van der Waals surface area contributed by atoms with Crippen LogP contribution in [0, 0.1) is 0 Å². The fourth-order valence-electron chi connectivity index (χ4n) is 3.06. The number of nitrogens with one attached hydrogen (secondary N) is 1. The predicted octanol–water partition coefficient (Wildman–Crippen LogP) is 2.20. The second-order valence-electron chi connectivity index (χ2n) is 6.06. The van der Waals surface area contributed by atoms with Gasteiger partial charge in [-0.05, 0) is 17.7 Å². The number of ether oxygens (including phenoxy) is 2. The van der Waals surface area contributed by atoms with Crippen molar-refractivity contribution in [2.45, 2.75) is 19.0 Å². The van der Waals surface area contributed by atoms with Gasteiger partial charge < -0.3 is 14.8 Å². The summed E-state index contributed by atoms with van der Waals surface area (Å²) in [4.78, 5) is 26.2. The van der Waals surface area contributed by atoms with E-state index in [0.717, 1.165) is 11.3 Å². The number of rotatable bonds is 4. The van der Waals surface area contributed by atoms with Crippen LogP contribution >= 0.6 is 0 Å². The highest BCUT2D eigenvalue weighted by atomic mass is 16.6. The molecule has 4 rings (SSSR count). The van der Waals surface area contributed by atoms with E-state index in [9.17, 15) is 9.59 Å². The molecular weight excluding hydrogens is 320 g/mol. The third-order valence-corrected chi connectivity index (χ3v) is 4.31. The van der Waals surface area contributed by atoms with Crippen LogP contribution in [0.15, 0.2) is 48.5 Å². The first kappa shape index (κ1) is 15.5. The van der Waals surface area contributed by atoms with Gasteiger partial charge in [-0.15, -0.1) is 0 Å². The molecule has 6 nitrogen and oxygen atoms in total. The molecule has 2 aromatic carbocycles. The Labute approximate surface area is 145 Å². The van der Waals surface area contributed by atoms with Crippen molar-refractivity contribution in [1.82, 2.24) is 4.90 Å². The van der Waals surface area contributed by atoms with Gasteiger partial charge in [-0.25, -0.2) is 0 Å². The number of hydrogen-bond donors (Lipinski definition) is 1. The van der Waals surface area contributed by atoms with Crippen molar-refractivity contribution in [3.8, 4) is 11.5 Å². The number of carbonyl (C=O) groups excluding carboxylic acids is 2. The van der Waals surface area contributed by atoms with E-state index in [-0.39, 0.29) is 18.2 Å². The van der Waals surface area contributed by atoms with E-state index in [4.69, 9.17) is 9.47 Å². The first-order chi connectivity index (χ1) is 12.2. The van der Waals surface area contributed by atoms with Crippen LogP contribution in [0.1, 0.15) is 12.0 Å². The Morgan fingerprint density at radius 1 is 1.00 bits per heavy atom. The van der Waals surface area contributed by atoms with Gasteiger partial charge in [-0.3, -0.25) is 14.5 Å². The lowest BCUT2D eigenvalue weighted by molar-refractivity contribution is -0.139. The van der Waals surface area contributed by atoms with E-state index in [0.29, 0.717) is 31.3 Å². The Morgan fingerprint density at radius 2 is 1.76 bits per heavy atom. The van der Waals surface area contributed by atoms with Crippen molar-refractivity contribution in [3.63, 3.8) is 0 Å².